The van der Waals surface area contributed by atoms with E-state index in [9.17, 15) is 0 Å². The smallest absolute Gasteiger partial charge is 0.189 e. The van der Waals surface area contributed by atoms with Crippen LogP contribution in [-0.2, 0) is 0 Å². The van der Waals surface area contributed by atoms with E-state index in [1.807, 2.05) is 50.2 Å². The maximum Gasteiger partial charge on any atom is 0.189 e. The van der Waals surface area contributed by atoms with Crippen molar-refractivity contribution in [1.82, 2.24) is 20.2 Å². The summed E-state index contributed by atoms with van der Waals surface area (Å²) in [5.41, 5.74) is 10.4. The zero-order valence-corrected chi connectivity index (χ0v) is 12.5. The molecular weight excluding hydrogens is 286 g/mol. The third kappa shape index (κ3) is 2.48. The largest absolute Gasteiger partial charge is 0.398 e. The number of nitrogens with two attached hydrogens (primary N) is 1. The maximum atomic E-state index is 6.30. The average molecular weight is 300 g/mol. The highest BCUT2D eigenvalue weighted by Gasteiger charge is 2.15. The normalized spacial score (nSPS) is 10.8. The van der Waals surface area contributed by atoms with E-state index in [0.717, 1.165) is 22.4 Å². The van der Waals surface area contributed by atoms with Crippen molar-refractivity contribution in [2.45, 2.75) is 13.8 Å². The topological polar surface area (TPSA) is 69.6 Å². The second-order valence-corrected chi connectivity index (χ2v) is 5.37. The summed E-state index contributed by atoms with van der Waals surface area (Å²) in [6.45, 7) is 3.98. The fourth-order valence-corrected chi connectivity index (χ4v) is 2.48. The lowest BCUT2D eigenvalue weighted by atomic mass is 10.1. The molecule has 106 valence electrons. The molecule has 3 rings (SSSR count). The zero-order valence-electron chi connectivity index (χ0n) is 11.7. The van der Waals surface area contributed by atoms with Crippen LogP contribution in [0.1, 0.15) is 11.1 Å². The van der Waals surface area contributed by atoms with Crippen LogP contribution < -0.4 is 5.73 Å². The van der Waals surface area contributed by atoms with Crippen LogP contribution in [0, 0.1) is 13.8 Å². The molecular formula is C15H14ClN5. The summed E-state index contributed by atoms with van der Waals surface area (Å²) in [6, 6.07) is 11.5. The van der Waals surface area contributed by atoms with Crippen molar-refractivity contribution >= 4 is 17.3 Å². The molecule has 3 aromatic rings. The van der Waals surface area contributed by atoms with Crippen molar-refractivity contribution in [3.63, 3.8) is 0 Å². The van der Waals surface area contributed by atoms with Crippen molar-refractivity contribution in [3.8, 4) is 17.1 Å². The van der Waals surface area contributed by atoms with Crippen LogP contribution in [0.2, 0.25) is 5.02 Å². The number of nitrogens with zero attached hydrogens (tertiary/aromatic N) is 4. The Morgan fingerprint density at radius 2 is 1.76 bits per heavy atom. The molecule has 0 spiro atoms. The van der Waals surface area contributed by atoms with Crippen molar-refractivity contribution in [1.29, 1.82) is 0 Å². The van der Waals surface area contributed by atoms with Gasteiger partial charge in [-0.25, -0.2) is 0 Å². The van der Waals surface area contributed by atoms with Gasteiger partial charge in [-0.05, 0) is 54.1 Å². The fraction of sp³-hybridized carbons (Fsp3) is 0.133. The molecule has 0 fully saturated rings. The summed E-state index contributed by atoms with van der Waals surface area (Å²) in [7, 11) is 0. The molecule has 0 aliphatic carbocycles. The lowest BCUT2D eigenvalue weighted by Gasteiger charge is -2.09. The molecule has 0 bridgehead atoms. The van der Waals surface area contributed by atoms with E-state index in [0.29, 0.717) is 16.5 Å². The highest BCUT2D eigenvalue weighted by atomic mass is 35.5. The lowest BCUT2D eigenvalue weighted by molar-refractivity contribution is 0.791. The van der Waals surface area contributed by atoms with Crippen molar-refractivity contribution in [2.75, 3.05) is 5.73 Å². The van der Waals surface area contributed by atoms with Crippen LogP contribution in [-0.4, -0.2) is 20.2 Å². The first kappa shape index (κ1) is 13.6. The van der Waals surface area contributed by atoms with Gasteiger partial charge in [-0.1, -0.05) is 29.3 Å². The summed E-state index contributed by atoms with van der Waals surface area (Å²) in [6.07, 6.45) is 0. The Labute approximate surface area is 127 Å². The number of rotatable bonds is 2. The molecule has 5 nitrogen and oxygen atoms in total. The minimum absolute atomic E-state index is 0.571. The molecule has 0 saturated carbocycles. The molecule has 0 saturated heterocycles. The summed E-state index contributed by atoms with van der Waals surface area (Å²) in [5, 5.41) is 12.5. The van der Waals surface area contributed by atoms with E-state index in [1.165, 1.54) is 0 Å². The van der Waals surface area contributed by atoms with Gasteiger partial charge in [0, 0.05) is 11.3 Å². The molecule has 2 N–H and O–H groups in total. The van der Waals surface area contributed by atoms with Crippen LogP contribution in [0.15, 0.2) is 36.4 Å². The van der Waals surface area contributed by atoms with Gasteiger partial charge in [-0.2, -0.15) is 4.68 Å². The predicted molar refractivity (Wildman–Crippen MR) is 83.5 cm³/mol. The van der Waals surface area contributed by atoms with E-state index in [2.05, 4.69) is 15.5 Å². The number of halogens is 1. The van der Waals surface area contributed by atoms with E-state index in [1.54, 1.807) is 4.68 Å². The minimum atomic E-state index is 0.571. The zero-order chi connectivity index (χ0) is 15.0. The SMILES string of the molecule is Cc1ccc(-n2nnnc2-c2cc(C)ccc2N)c(Cl)c1. The summed E-state index contributed by atoms with van der Waals surface area (Å²) in [5.74, 6) is 0.571. The van der Waals surface area contributed by atoms with E-state index in [-0.39, 0.29) is 0 Å². The second kappa shape index (κ2) is 5.18. The highest BCUT2D eigenvalue weighted by Crippen LogP contribution is 2.29. The maximum absolute atomic E-state index is 6.30. The standard InChI is InChI=1S/C15H14ClN5/c1-9-3-5-13(17)11(7-9)15-18-19-20-21(15)14-6-4-10(2)8-12(14)16/h3-8H,17H2,1-2H3. The third-order valence-corrected chi connectivity index (χ3v) is 3.55. The van der Waals surface area contributed by atoms with Crippen molar-refractivity contribution in [2.24, 2.45) is 0 Å². The van der Waals surface area contributed by atoms with Crippen LogP contribution in [0.25, 0.3) is 17.1 Å². The number of hydrogen-bond acceptors (Lipinski definition) is 4. The number of aryl methyl sites for hydroxylation is 2. The van der Waals surface area contributed by atoms with Crippen molar-refractivity contribution < 1.29 is 0 Å². The Kier molecular flexibility index (Phi) is 3.35. The van der Waals surface area contributed by atoms with E-state index < -0.39 is 0 Å². The van der Waals surface area contributed by atoms with Crippen LogP contribution in [0.5, 0.6) is 0 Å². The number of aromatic nitrogens is 4. The molecule has 1 aromatic heterocycles. The van der Waals surface area contributed by atoms with Crippen LogP contribution in [0.4, 0.5) is 5.69 Å². The Morgan fingerprint density at radius 1 is 1.05 bits per heavy atom. The number of hydrogen-bond donors (Lipinski definition) is 1. The fourth-order valence-electron chi connectivity index (χ4n) is 2.16. The summed E-state index contributed by atoms with van der Waals surface area (Å²) < 4.78 is 1.60. The highest BCUT2D eigenvalue weighted by molar-refractivity contribution is 6.32. The van der Waals surface area contributed by atoms with Gasteiger partial charge in [0.2, 0.25) is 0 Å². The number of anilines is 1. The Morgan fingerprint density at radius 3 is 2.52 bits per heavy atom. The van der Waals surface area contributed by atoms with Gasteiger partial charge in [-0.15, -0.1) is 5.10 Å². The second-order valence-electron chi connectivity index (χ2n) is 4.96. The predicted octanol–water partition coefficient (Wildman–Crippen LogP) is 3.18. The molecule has 0 aliphatic heterocycles. The molecule has 6 heteroatoms. The Bertz CT molecular complexity index is 810. The molecule has 0 amide bonds. The monoisotopic (exact) mass is 299 g/mol. The number of nitrogen functional groups attached to an aromatic ring is 1. The number of benzene rings is 2. The van der Waals surface area contributed by atoms with Gasteiger partial charge in [0.05, 0.1) is 10.7 Å². The van der Waals surface area contributed by atoms with Crippen LogP contribution in [0.3, 0.4) is 0 Å². The molecule has 2 aromatic carbocycles. The van der Waals surface area contributed by atoms with Crippen molar-refractivity contribution in [3.05, 3.63) is 52.5 Å². The third-order valence-electron chi connectivity index (χ3n) is 3.25. The molecule has 0 radical (unpaired) electrons. The molecule has 0 atom stereocenters. The van der Waals surface area contributed by atoms with Gasteiger partial charge < -0.3 is 5.73 Å². The van der Waals surface area contributed by atoms with Gasteiger partial charge in [-0.3, -0.25) is 0 Å². The van der Waals surface area contributed by atoms with Crippen LogP contribution >= 0.6 is 11.6 Å². The van der Waals surface area contributed by atoms with Gasteiger partial charge in [0.15, 0.2) is 5.82 Å². The lowest BCUT2D eigenvalue weighted by Crippen LogP contribution is -2.03. The Hall–Kier alpha value is -2.40. The van der Waals surface area contributed by atoms with E-state index >= 15 is 0 Å². The first-order chi connectivity index (χ1) is 10.1. The molecule has 0 unspecified atom stereocenters. The Balaban J connectivity index is 2.19. The average Bonchev–Trinajstić information content (AvgIpc) is 2.90. The van der Waals surface area contributed by atoms with Gasteiger partial charge in [0.1, 0.15) is 0 Å². The quantitative estimate of drug-likeness (QED) is 0.738. The van der Waals surface area contributed by atoms with E-state index in [4.69, 9.17) is 17.3 Å². The summed E-state index contributed by atoms with van der Waals surface area (Å²) in [4.78, 5) is 0. The van der Waals surface area contributed by atoms with Gasteiger partial charge >= 0.3 is 0 Å². The number of tetrazole rings is 1. The first-order valence-corrected chi connectivity index (χ1v) is 6.85. The molecule has 21 heavy (non-hydrogen) atoms. The minimum Gasteiger partial charge on any atom is -0.398 e. The summed E-state index contributed by atoms with van der Waals surface area (Å²) >= 11 is 6.30. The first-order valence-electron chi connectivity index (χ1n) is 6.47. The molecule has 0 aliphatic rings. The van der Waals surface area contributed by atoms with Gasteiger partial charge in [0.25, 0.3) is 0 Å². The molecule has 1 heterocycles.